The van der Waals surface area contributed by atoms with Crippen LogP contribution in [-0.2, 0) is 9.84 Å². The Morgan fingerprint density at radius 1 is 1.23 bits per heavy atom. The predicted octanol–water partition coefficient (Wildman–Crippen LogP) is 3.91. The summed E-state index contributed by atoms with van der Waals surface area (Å²) in [5.41, 5.74) is 0.678. The zero-order valence-electron chi connectivity index (χ0n) is 16.4. The summed E-state index contributed by atoms with van der Waals surface area (Å²) < 4.78 is 44.6. The van der Waals surface area contributed by atoms with Gasteiger partial charge in [0, 0.05) is 31.5 Å². The van der Waals surface area contributed by atoms with Gasteiger partial charge in [-0.05, 0) is 30.3 Å². The molecular formula is C21H21FN2O4S2. The topological polar surface area (TPSA) is 76.6 Å². The number of halogens is 1. The first-order chi connectivity index (χ1) is 14.4. The summed E-state index contributed by atoms with van der Waals surface area (Å²) in [4.78, 5) is 18.9. The van der Waals surface area contributed by atoms with Gasteiger partial charge in [-0.3, -0.25) is 4.79 Å². The molecule has 0 atom stereocenters. The highest BCUT2D eigenvalue weighted by Gasteiger charge is 2.26. The Morgan fingerprint density at radius 3 is 2.67 bits per heavy atom. The number of piperidine rings is 1. The number of fused-ring (bicyclic) bond motifs is 1. The Morgan fingerprint density at radius 2 is 1.97 bits per heavy atom. The van der Waals surface area contributed by atoms with Crippen molar-refractivity contribution in [1.82, 2.24) is 9.88 Å². The maximum Gasteiger partial charge on any atom is 0.274 e. The van der Waals surface area contributed by atoms with Crippen LogP contribution in [0.2, 0.25) is 0 Å². The Hall–Kier alpha value is -2.52. The number of carbonyl (C=O) groups is 1. The molecule has 2 aromatic carbocycles. The van der Waals surface area contributed by atoms with Crippen LogP contribution >= 0.6 is 11.3 Å². The fourth-order valence-corrected chi connectivity index (χ4v) is 5.26. The summed E-state index contributed by atoms with van der Waals surface area (Å²) >= 11 is 1.30. The largest absolute Gasteiger partial charge is 0.467 e. The summed E-state index contributed by atoms with van der Waals surface area (Å²) in [6, 6.07) is 11.0. The van der Waals surface area contributed by atoms with Crippen LogP contribution in [0.15, 0.2) is 47.4 Å². The first kappa shape index (κ1) is 20.7. The number of amides is 1. The van der Waals surface area contributed by atoms with Crippen LogP contribution in [0.5, 0.6) is 5.19 Å². The third kappa shape index (κ3) is 4.17. The lowest BCUT2D eigenvalue weighted by Gasteiger charge is -2.31. The molecule has 0 unspecified atom stereocenters. The van der Waals surface area contributed by atoms with Crippen LogP contribution < -0.4 is 4.74 Å². The van der Waals surface area contributed by atoms with Crippen molar-refractivity contribution in [2.45, 2.75) is 30.8 Å². The molecule has 1 saturated heterocycles. The number of hydrogen-bond donors (Lipinski definition) is 0. The first-order valence-corrected chi connectivity index (χ1v) is 12.2. The number of thiazole rings is 1. The number of para-hydroxylation sites is 1. The lowest BCUT2D eigenvalue weighted by atomic mass is 10.1. The Balaban J connectivity index is 1.40. The molecule has 1 fully saturated rings. The number of benzene rings is 2. The number of rotatable bonds is 5. The normalized spacial score (nSPS) is 15.5. The lowest BCUT2D eigenvalue weighted by molar-refractivity contribution is 0.0595. The third-order valence-corrected chi connectivity index (χ3v) is 7.81. The van der Waals surface area contributed by atoms with Crippen molar-refractivity contribution >= 4 is 37.3 Å². The van der Waals surface area contributed by atoms with Crippen LogP contribution in [-0.4, -0.2) is 49.2 Å². The SMILES string of the molecule is CCS(=O)(=O)c1cccc(C(=O)N2CCC(Oc3nc4c(F)cccc4s3)CC2)c1. The van der Waals surface area contributed by atoms with Gasteiger partial charge in [0.2, 0.25) is 0 Å². The maximum atomic E-state index is 13.8. The van der Waals surface area contributed by atoms with Gasteiger partial charge < -0.3 is 9.64 Å². The molecule has 0 aliphatic carbocycles. The summed E-state index contributed by atoms with van der Waals surface area (Å²) in [6.45, 7) is 2.56. The van der Waals surface area contributed by atoms with Crippen molar-refractivity contribution in [3.8, 4) is 5.19 Å². The first-order valence-electron chi connectivity index (χ1n) is 9.71. The highest BCUT2D eigenvalue weighted by molar-refractivity contribution is 7.91. The smallest absolute Gasteiger partial charge is 0.274 e. The van der Waals surface area contributed by atoms with Crippen LogP contribution in [0.25, 0.3) is 10.2 Å². The van der Waals surface area contributed by atoms with Gasteiger partial charge in [0.25, 0.3) is 11.1 Å². The molecule has 30 heavy (non-hydrogen) atoms. The fourth-order valence-electron chi connectivity index (χ4n) is 3.44. The van der Waals surface area contributed by atoms with Crippen LogP contribution in [0.3, 0.4) is 0 Å². The second kappa shape index (κ2) is 8.31. The molecule has 0 bridgehead atoms. The van der Waals surface area contributed by atoms with E-state index in [4.69, 9.17) is 4.74 Å². The average molecular weight is 449 g/mol. The number of ether oxygens (including phenoxy) is 1. The van der Waals surface area contributed by atoms with E-state index in [0.717, 1.165) is 4.70 Å². The van der Waals surface area contributed by atoms with Crippen molar-refractivity contribution < 1.29 is 22.3 Å². The molecule has 6 nitrogen and oxygen atoms in total. The highest BCUT2D eigenvalue weighted by Crippen LogP contribution is 2.31. The number of sulfone groups is 1. The minimum absolute atomic E-state index is 0.0109. The molecule has 0 radical (unpaired) electrons. The zero-order chi connectivity index (χ0) is 21.3. The molecule has 2 heterocycles. The molecule has 0 spiro atoms. The van der Waals surface area contributed by atoms with Gasteiger partial charge in [-0.15, -0.1) is 0 Å². The van der Waals surface area contributed by atoms with E-state index in [1.807, 2.05) is 0 Å². The van der Waals surface area contributed by atoms with Crippen LogP contribution in [0.1, 0.15) is 30.1 Å². The monoisotopic (exact) mass is 448 g/mol. The van der Waals surface area contributed by atoms with Gasteiger partial charge in [-0.2, -0.15) is 4.98 Å². The molecule has 1 aliphatic heterocycles. The fraction of sp³-hybridized carbons (Fsp3) is 0.333. The van der Waals surface area contributed by atoms with Crippen molar-refractivity contribution in [2.75, 3.05) is 18.8 Å². The van der Waals surface area contributed by atoms with Gasteiger partial charge in [0.15, 0.2) is 9.84 Å². The average Bonchev–Trinajstić information content (AvgIpc) is 3.18. The second-order valence-corrected chi connectivity index (χ2v) is 10.4. The van der Waals surface area contributed by atoms with E-state index < -0.39 is 9.84 Å². The van der Waals surface area contributed by atoms with Gasteiger partial charge >= 0.3 is 0 Å². The predicted molar refractivity (Wildman–Crippen MR) is 113 cm³/mol. The summed E-state index contributed by atoms with van der Waals surface area (Å²) in [5.74, 6) is -0.571. The van der Waals surface area contributed by atoms with Crippen LogP contribution in [0, 0.1) is 5.82 Å². The van der Waals surface area contributed by atoms with Crippen molar-refractivity contribution in [3.05, 3.63) is 53.8 Å². The Kier molecular flexibility index (Phi) is 5.75. The van der Waals surface area contributed by atoms with E-state index in [1.54, 1.807) is 36.1 Å². The van der Waals surface area contributed by atoms with E-state index in [-0.39, 0.29) is 28.5 Å². The quantitative estimate of drug-likeness (QED) is 0.591. The van der Waals surface area contributed by atoms with E-state index in [1.165, 1.54) is 29.5 Å². The molecule has 0 saturated carbocycles. The van der Waals surface area contributed by atoms with E-state index in [9.17, 15) is 17.6 Å². The van der Waals surface area contributed by atoms with E-state index >= 15 is 0 Å². The standard InChI is InChI=1S/C21H21FN2O4S2/c1-2-30(26,27)16-6-3-5-14(13-16)20(25)24-11-9-15(10-12-24)28-21-23-19-17(22)7-4-8-18(19)29-21/h3-8,13,15H,2,9-12H2,1H3. The highest BCUT2D eigenvalue weighted by atomic mass is 32.2. The molecular weight excluding hydrogens is 427 g/mol. The summed E-state index contributed by atoms with van der Waals surface area (Å²) in [7, 11) is -3.37. The zero-order valence-corrected chi connectivity index (χ0v) is 18.0. The minimum atomic E-state index is -3.37. The lowest BCUT2D eigenvalue weighted by Crippen LogP contribution is -2.41. The second-order valence-electron chi connectivity index (χ2n) is 7.11. The molecule has 9 heteroatoms. The number of likely N-dealkylation sites (tertiary alicyclic amines) is 1. The molecule has 1 amide bonds. The van der Waals surface area contributed by atoms with Gasteiger partial charge in [0.05, 0.1) is 15.3 Å². The van der Waals surface area contributed by atoms with Crippen molar-refractivity contribution in [2.24, 2.45) is 0 Å². The van der Waals surface area contributed by atoms with Gasteiger partial charge in [-0.1, -0.05) is 30.4 Å². The minimum Gasteiger partial charge on any atom is -0.467 e. The Labute approximate surface area is 178 Å². The number of nitrogens with zero attached hydrogens (tertiary/aromatic N) is 2. The molecule has 1 aliphatic rings. The molecule has 0 N–H and O–H groups in total. The van der Waals surface area contributed by atoms with Crippen molar-refractivity contribution in [1.29, 1.82) is 0 Å². The van der Waals surface area contributed by atoms with Crippen molar-refractivity contribution in [3.63, 3.8) is 0 Å². The third-order valence-electron chi connectivity index (χ3n) is 5.17. The summed E-state index contributed by atoms with van der Waals surface area (Å²) in [5, 5.41) is 0.428. The maximum absolute atomic E-state index is 13.8. The van der Waals surface area contributed by atoms with E-state index in [2.05, 4.69) is 4.98 Å². The summed E-state index contributed by atoms with van der Waals surface area (Å²) in [6.07, 6.45) is 1.14. The molecule has 1 aromatic heterocycles. The molecule has 3 aromatic rings. The number of carbonyl (C=O) groups excluding carboxylic acids is 1. The van der Waals surface area contributed by atoms with Gasteiger partial charge in [0.1, 0.15) is 17.4 Å². The van der Waals surface area contributed by atoms with E-state index in [0.29, 0.717) is 42.2 Å². The molecule has 4 rings (SSSR count). The number of hydrogen-bond acceptors (Lipinski definition) is 6. The van der Waals surface area contributed by atoms with Gasteiger partial charge in [-0.25, -0.2) is 12.8 Å². The Bertz CT molecular complexity index is 1180. The van der Waals surface area contributed by atoms with Crippen LogP contribution in [0.4, 0.5) is 4.39 Å². The molecule has 158 valence electrons. The number of aromatic nitrogens is 1.